The Hall–Kier alpha value is -1.41. The van der Waals surface area contributed by atoms with Crippen molar-refractivity contribution in [1.29, 1.82) is 5.26 Å². The quantitative estimate of drug-likeness (QED) is 0.634. The second-order valence-corrected chi connectivity index (χ2v) is 3.80. The first kappa shape index (κ1) is 8.20. The summed E-state index contributed by atoms with van der Waals surface area (Å²) in [6.07, 6.45) is 0.681. The van der Waals surface area contributed by atoms with E-state index in [4.69, 9.17) is 5.26 Å². The van der Waals surface area contributed by atoms with Crippen LogP contribution in [0.15, 0.2) is 9.69 Å². The highest BCUT2D eigenvalue weighted by Gasteiger charge is 2.21. The van der Waals surface area contributed by atoms with Crippen LogP contribution in [0.5, 0.6) is 5.88 Å². The average Bonchev–Trinajstić information content (AvgIpc) is 2.53. The molecular weight excluding hydrogens is 188 g/mol. The maximum absolute atomic E-state index is 11.3. The Morgan fingerprint density at radius 3 is 3.08 bits per heavy atom. The van der Waals surface area contributed by atoms with Crippen molar-refractivity contribution in [3.63, 3.8) is 0 Å². The minimum Gasteiger partial charge on any atom is -0.494 e. The van der Waals surface area contributed by atoms with Crippen LogP contribution in [0.3, 0.4) is 0 Å². The predicted molar refractivity (Wildman–Crippen MR) is 47.9 cm³/mol. The van der Waals surface area contributed by atoms with Gasteiger partial charge in [0.2, 0.25) is 5.88 Å². The summed E-state index contributed by atoms with van der Waals surface area (Å²) in [5.41, 5.74) is 0.599. The Bertz CT molecular complexity index is 458. The highest BCUT2D eigenvalue weighted by molar-refractivity contribution is 7.99. The Kier molecular flexibility index (Phi) is 1.78. The number of aromatic hydroxyl groups is 1. The second kappa shape index (κ2) is 2.82. The molecule has 0 saturated heterocycles. The van der Waals surface area contributed by atoms with E-state index in [1.54, 1.807) is 0 Å². The smallest absolute Gasteiger partial charge is 0.264 e. The van der Waals surface area contributed by atoms with Gasteiger partial charge in [0, 0.05) is 5.75 Å². The zero-order valence-corrected chi connectivity index (χ0v) is 7.44. The maximum Gasteiger partial charge on any atom is 0.264 e. The minimum atomic E-state index is -0.311. The van der Waals surface area contributed by atoms with Crippen LogP contribution in [-0.2, 0) is 6.42 Å². The molecule has 0 fully saturated rings. The number of thioether (sulfide) groups is 1. The van der Waals surface area contributed by atoms with Crippen molar-refractivity contribution in [3.8, 4) is 11.9 Å². The van der Waals surface area contributed by atoms with Gasteiger partial charge in [-0.05, 0) is 12.0 Å². The van der Waals surface area contributed by atoms with Crippen molar-refractivity contribution < 1.29 is 5.11 Å². The predicted octanol–water partition coefficient (Wildman–Crippen LogP) is 0.600. The Labute approximate surface area is 78.2 Å². The molecule has 0 bridgehead atoms. The summed E-state index contributed by atoms with van der Waals surface area (Å²) in [5.74, 6) is 0.491. The van der Waals surface area contributed by atoms with Crippen molar-refractivity contribution in [2.75, 3.05) is 5.75 Å². The number of aromatic amines is 1. The summed E-state index contributed by atoms with van der Waals surface area (Å²) in [4.78, 5) is 14.1. The molecule has 1 aromatic heterocycles. The Morgan fingerprint density at radius 1 is 1.62 bits per heavy atom. The highest BCUT2D eigenvalue weighted by atomic mass is 32.2. The van der Waals surface area contributed by atoms with Gasteiger partial charge >= 0.3 is 0 Å². The summed E-state index contributed by atoms with van der Waals surface area (Å²) in [7, 11) is 0. The van der Waals surface area contributed by atoms with Crippen LogP contribution in [0.1, 0.15) is 11.1 Å². The summed E-state index contributed by atoms with van der Waals surface area (Å²) < 4.78 is 0. The molecule has 0 atom stereocenters. The lowest BCUT2D eigenvalue weighted by Gasteiger charge is -2.01. The van der Waals surface area contributed by atoms with Crippen LogP contribution in [0, 0.1) is 11.3 Å². The summed E-state index contributed by atoms with van der Waals surface area (Å²) in [6, 6.07) is 1.89. The van der Waals surface area contributed by atoms with E-state index in [0.717, 1.165) is 5.75 Å². The molecule has 2 heterocycles. The number of hydrogen-bond donors (Lipinski definition) is 2. The van der Waals surface area contributed by atoms with Gasteiger partial charge < -0.3 is 5.11 Å². The van der Waals surface area contributed by atoms with E-state index in [9.17, 15) is 9.90 Å². The van der Waals surface area contributed by atoms with Crippen molar-refractivity contribution >= 4 is 11.8 Å². The van der Waals surface area contributed by atoms with Crippen LogP contribution in [0.4, 0.5) is 0 Å². The van der Waals surface area contributed by atoms with E-state index in [1.807, 2.05) is 6.07 Å². The molecule has 0 amide bonds. The van der Waals surface area contributed by atoms with Crippen LogP contribution >= 0.6 is 11.8 Å². The molecule has 2 N–H and O–H groups in total. The number of fused-ring (bicyclic) bond motifs is 1. The highest BCUT2D eigenvalue weighted by Crippen LogP contribution is 2.32. The summed E-state index contributed by atoms with van der Waals surface area (Å²) >= 11 is 1.43. The maximum atomic E-state index is 11.3. The minimum absolute atomic E-state index is 0.208. The van der Waals surface area contributed by atoms with E-state index >= 15 is 0 Å². The van der Waals surface area contributed by atoms with Gasteiger partial charge in [0.15, 0.2) is 0 Å². The fourth-order valence-electron chi connectivity index (χ4n) is 1.39. The van der Waals surface area contributed by atoms with Gasteiger partial charge in [-0.1, -0.05) is 0 Å². The molecule has 4 nitrogen and oxygen atoms in total. The third kappa shape index (κ3) is 1.11. The average molecular weight is 194 g/mol. The van der Waals surface area contributed by atoms with E-state index in [-0.39, 0.29) is 17.0 Å². The van der Waals surface area contributed by atoms with Crippen LogP contribution in [0.25, 0.3) is 0 Å². The van der Waals surface area contributed by atoms with Crippen molar-refractivity contribution in [1.82, 2.24) is 4.98 Å². The molecular formula is C8H6N2O2S. The topological polar surface area (TPSA) is 76.9 Å². The third-order valence-corrected chi connectivity index (χ3v) is 3.09. The number of hydrogen-bond acceptors (Lipinski definition) is 4. The molecule has 0 saturated carbocycles. The fraction of sp³-hybridized carbons (Fsp3) is 0.250. The number of H-pyrrole nitrogens is 1. The monoisotopic (exact) mass is 194 g/mol. The number of pyridine rings is 1. The molecule has 13 heavy (non-hydrogen) atoms. The van der Waals surface area contributed by atoms with Crippen molar-refractivity contribution in [2.24, 2.45) is 0 Å². The number of nitriles is 1. The van der Waals surface area contributed by atoms with Gasteiger partial charge in [0.25, 0.3) is 5.56 Å². The molecule has 0 radical (unpaired) electrons. The molecule has 66 valence electrons. The summed E-state index contributed by atoms with van der Waals surface area (Å²) in [6.45, 7) is 0. The normalized spacial score (nSPS) is 13.8. The van der Waals surface area contributed by atoms with Gasteiger partial charge in [-0.3, -0.25) is 9.78 Å². The first-order chi connectivity index (χ1) is 6.24. The zero-order chi connectivity index (χ0) is 9.42. The molecule has 5 heteroatoms. The second-order valence-electron chi connectivity index (χ2n) is 2.70. The number of nitrogens with one attached hydrogen (secondary N) is 1. The molecule has 0 aliphatic carbocycles. The Morgan fingerprint density at radius 2 is 2.38 bits per heavy atom. The first-order valence-corrected chi connectivity index (χ1v) is 4.73. The van der Waals surface area contributed by atoms with Gasteiger partial charge in [-0.2, -0.15) is 5.26 Å². The molecule has 0 aromatic carbocycles. The molecule has 2 rings (SSSR count). The number of aromatic nitrogens is 1. The number of rotatable bonds is 0. The van der Waals surface area contributed by atoms with E-state index in [1.165, 1.54) is 11.8 Å². The molecule has 1 aromatic rings. The van der Waals surface area contributed by atoms with Crippen molar-refractivity contribution in [3.05, 3.63) is 21.5 Å². The van der Waals surface area contributed by atoms with Gasteiger partial charge in [-0.25, -0.2) is 0 Å². The van der Waals surface area contributed by atoms with Crippen molar-refractivity contribution in [2.45, 2.75) is 11.3 Å². The van der Waals surface area contributed by atoms with Gasteiger partial charge in [-0.15, -0.1) is 11.8 Å². The first-order valence-electron chi connectivity index (χ1n) is 3.75. The van der Waals surface area contributed by atoms with Crippen LogP contribution in [0.2, 0.25) is 0 Å². The summed E-state index contributed by atoms with van der Waals surface area (Å²) in [5, 5.41) is 18.0. The zero-order valence-electron chi connectivity index (χ0n) is 6.63. The fourth-order valence-corrected chi connectivity index (χ4v) is 2.46. The largest absolute Gasteiger partial charge is 0.494 e. The Balaban J connectivity index is 2.81. The molecule has 1 aliphatic heterocycles. The lowest BCUT2D eigenvalue weighted by atomic mass is 10.1. The van der Waals surface area contributed by atoms with Gasteiger partial charge in [0.05, 0.1) is 4.90 Å². The molecule has 0 spiro atoms. The van der Waals surface area contributed by atoms with E-state index < -0.39 is 0 Å². The SMILES string of the molecule is N#Cc1c(O)[nH]c(=O)c2c1CCS2. The van der Waals surface area contributed by atoms with Gasteiger partial charge in [0.1, 0.15) is 11.6 Å². The van der Waals surface area contributed by atoms with Crippen LogP contribution < -0.4 is 5.56 Å². The lowest BCUT2D eigenvalue weighted by molar-refractivity contribution is 0.447. The standard InChI is InChI=1S/C8H6N2O2S/c9-3-5-4-1-2-13-6(4)8(12)10-7(5)11/h1-2H2,(H2,10,11,12). The third-order valence-electron chi connectivity index (χ3n) is 1.96. The van der Waals surface area contributed by atoms with E-state index in [2.05, 4.69) is 4.98 Å². The molecule has 0 unspecified atom stereocenters. The van der Waals surface area contributed by atoms with E-state index in [0.29, 0.717) is 16.9 Å². The van der Waals surface area contributed by atoms with Crippen LogP contribution in [-0.4, -0.2) is 15.8 Å². The number of nitrogens with zero attached hydrogens (tertiary/aromatic N) is 1. The lowest BCUT2D eigenvalue weighted by Crippen LogP contribution is -2.10. The molecule has 1 aliphatic rings.